The minimum Gasteiger partial charge on any atom is -0.384 e. The molecule has 1 nitrogen and oxygen atoms in total. The molecule has 0 aliphatic heterocycles. The van der Waals surface area contributed by atoms with Crippen LogP contribution in [0.5, 0.6) is 0 Å². The Balaban J connectivity index is 2.44. The zero-order chi connectivity index (χ0) is 12.4. The minimum atomic E-state index is -0.964. The van der Waals surface area contributed by atoms with Gasteiger partial charge in [0.2, 0.25) is 0 Å². The molecule has 0 saturated carbocycles. The molecular weight excluding hydrogens is 239 g/mol. The topological polar surface area (TPSA) is 20.2 Å². The maximum atomic E-state index is 13.6. The van der Waals surface area contributed by atoms with Crippen LogP contribution in [-0.2, 0) is 0 Å². The van der Waals surface area contributed by atoms with Crippen molar-refractivity contribution in [1.29, 1.82) is 0 Å². The van der Waals surface area contributed by atoms with Crippen molar-refractivity contribution in [3.05, 3.63) is 70.0 Å². The molecule has 2 aromatic carbocycles. The van der Waals surface area contributed by atoms with Gasteiger partial charge in [-0.2, -0.15) is 0 Å². The SMILES string of the molecule is Cc1cc(Cl)ccc1C(O)c1ccccc1F. The third-order valence-electron chi connectivity index (χ3n) is 2.73. The zero-order valence-corrected chi connectivity index (χ0v) is 10.1. The molecule has 0 aliphatic carbocycles. The number of aliphatic hydroxyl groups excluding tert-OH is 1. The molecule has 0 fully saturated rings. The van der Waals surface area contributed by atoms with Gasteiger partial charge in [-0.1, -0.05) is 35.9 Å². The summed E-state index contributed by atoms with van der Waals surface area (Å²) in [6.07, 6.45) is -0.964. The first-order chi connectivity index (χ1) is 8.09. The maximum absolute atomic E-state index is 13.6. The fourth-order valence-corrected chi connectivity index (χ4v) is 2.04. The summed E-state index contributed by atoms with van der Waals surface area (Å²) in [7, 11) is 0. The summed E-state index contributed by atoms with van der Waals surface area (Å²) in [5.74, 6) is -0.408. The zero-order valence-electron chi connectivity index (χ0n) is 9.32. The van der Waals surface area contributed by atoms with E-state index in [0.29, 0.717) is 10.6 Å². The minimum absolute atomic E-state index is 0.276. The van der Waals surface area contributed by atoms with Gasteiger partial charge in [0.25, 0.3) is 0 Å². The lowest BCUT2D eigenvalue weighted by molar-refractivity contribution is 0.214. The Hall–Kier alpha value is -1.38. The highest BCUT2D eigenvalue weighted by molar-refractivity contribution is 6.30. The summed E-state index contributed by atoms with van der Waals surface area (Å²) in [5.41, 5.74) is 1.78. The van der Waals surface area contributed by atoms with Crippen LogP contribution in [0.15, 0.2) is 42.5 Å². The van der Waals surface area contributed by atoms with Gasteiger partial charge in [-0.25, -0.2) is 4.39 Å². The highest BCUT2D eigenvalue weighted by Crippen LogP contribution is 2.28. The lowest BCUT2D eigenvalue weighted by Crippen LogP contribution is -2.04. The third-order valence-corrected chi connectivity index (χ3v) is 2.96. The van der Waals surface area contributed by atoms with Crippen LogP contribution in [0.4, 0.5) is 4.39 Å². The van der Waals surface area contributed by atoms with Crippen molar-refractivity contribution in [1.82, 2.24) is 0 Å². The van der Waals surface area contributed by atoms with Crippen molar-refractivity contribution in [2.24, 2.45) is 0 Å². The van der Waals surface area contributed by atoms with Gasteiger partial charge in [0, 0.05) is 10.6 Å². The first kappa shape index (κ1) is 12.1. The molecule has 0 aliphatic rings. The summed E-state index contributed by atoms with van der Waals surface area (Å²) >= 11 is 5.84. The van der Waals surface area contributed by atoms with Crippen LogP contribution in [0.1, 0.15) is 22.8 Å². The van der Waals surface area contributed by atoms with Crippen molar-refractivity contribution in [2.45, 2.75) is 13.0 Å². The highest BCUT2D eigenvalue weighted by Gasteiger charge is 2.16. The standard InChI is InChI=1S/C14H12ClFO/c1-9-8-10(15)6-7-11(9)14(17)12-4-2-3-5-13(12)16/h2-8,14,17H,1H3. The van der Waals surface area contributed by atoms with Gasteiger partial charge in [0.05, 0.1) is 0 Å². The van der Waals surface area contributed by atoms with Crippen molar-refractivity contribution in [3.63, 3.8) is 0 Å². The summed E-state index contributed by atoms with van der Waals surface area (Å²) in [5, 5.41) is 10.8. The molecule has 2 aromatic rings. The van der Waals surface area contributed by atoms with Crippen LogP contribution in [0.3, 0.4) is 0 Å². The van der Waals surface area contributed by atoms with Crippen LogP contribution in [0.2, 0.25) is 5.02 Å². The molecule has 1 unspecified atom stereocenters. The first-order valence-electron chi connectivity index (χ1n) is 5.28. The van der Waals surface area contributed by atoms with E-state index in [1.807, 2.05) is 6.92 Å². The average molecular weight is 251 g/mol. The molecular formula is C14H12ClFO. The molecule has 0 heterocycles. The Morgan fingerprint density at radius 3 is 2.47 bits per heavy atom. The third kappa shape index (κ3) is 2.48. The van der Waals surface area contributed by atoms with Gasteiger partial charge in [-0.3, -0.25) is 0 Å². The van der Waals surface area contributed by atoms with E-state index in [0.717, 1.165) is 5.56 Å². The van der Waals surface area contributed by atoms with Crippen LogP contribution >= 0.6 is 11.6 Å². The number of benzene rings is 2. The largest absolute Gasteiger partial charge is 0.384 e. The molecule has 0 radical (unpaired) electrons. The monoisotopic (exact) mass is 250 g/mol. The molecule has 0 bridgehead atoms. The van der Waals surface area contributed by atoms with Crippen molar-refractivity contribution in [2.75, 3.05) is 0 Å². The lowest BCUT2D eigenvalue weighted by Gasteiger charge is -2.15. The van der Waals surface area contributed by atoms with E-state index < -0.39 is 11.9 Å². The van der Waals surface area contributed by atoms with Crippen LogP contribution in [0.25, 0.3) is 0 Å². The van der Waals surface area contributed by atoms with Gasteiger partial charge in [-0.15, -0.1) is 0 Å². The van der Waals surface area contributed by atoms with E-state index in [-0.39, 0.29) is 5.56 Å². The molecule has 3 heteroatoms. The molecule has 0 amide bonds. The summed E-state index contributed by atoms with van der Waals surface area (Å²) in [6, 6.07) is 11.4. The van der Waals surface area contributed by atoms with Gasteiger partial charge in [0.1, 0.15) is 11.9 Å². The highest BCUT2D eigenvalue weighted by atomic mass is 35.5. The van der Waals surface area contributed by atoms with Gasteiger partial charge in [0.15, 0.2) is 0 Å². The number of hydrogen-bond acceptors (Lipinski definition) is 1. The second-order valence-corrected chi connectivity index (χ2v) is 4.36. The number of rotatable bonds is 2. The van der Waals surface area contributed by atoms with Crippen LogP contribution < -0.4 is 0 Å². The Labute approximate surface area is 104 Å². The Bertz CT molecular complexity index is 539. The Kier molecular flexibility index (Phi) is 3.46. The van der Waals surface area contributed by atoms with E-state index in [1.54, 1.807) is 36.4 Å². The van der Waals surface area contributed by atoms with Crippen molar-refractivity contribution in [3.8, 4) is 0 Å². The predicted octanol–water partition coefficient (Wildman–Crippen LogP) is 3.87. The second kappa shape index (κ2) is 4.86. The maximum Gasteiger partial charge on any atom is 0.129 e. The van der Waals surface area contributed by atoms with Crippen LogP contribution in [0, 0.1) is 12.7 Å². The Morgan fingerprint density at radius 2 is 1.82 bits per heavy atom. The second-order valence-electron chi connectivity index (χ2n) is 3.92. The average Bonchev–Trinajstić information content (AvgIpc) is 2.29. The van der Waals surface area contributed by atoms with E-state index in [1.165, 1.54) is 6.07 Å². The molecule has 2 rings (SSSR count). The first-order valence-corrected chi connectivity index (χ1v) is 5.66. The van der Waals surface area contributed by atoms with Gasteiger partial charge >= 0.3 is 0 Å². The predicted molar refractivity (Wildman–Crippen MR) is 66.7 cm³/mol. The van der Waals surface area contributed by atoms with Gasteiger partial charge in [-0.05, 0) is 36.2 Å². The summed E-state index contributed by atoms with van der Waals surface area (Å²) in [6.45, 7) is 1.84. The number of aliphatic hydroxyl groups is 1. The number of halogens is 2. The molecule has 0 saturated heterocycles. The van der Waals surface area contributed by atoms with Gasteiger partial charge < -0.3 is 5.11 Å². The molecule has 17 heavy (non-hydrogen) atoms. The fraction of sp³-hybridized carbons (Fsp3) is 0.143. The number of aryl methyl sites for hydroxylation is 1. The van der Waals surface area contributed by atoms with Crippen LogP contribution in [-0.4, -0.2) is 5.11 Å². The smallest absolute Gasteiger partial charge is 0.129 e. The number of hydrogen-bond donors (Lipinski definition) is 1. The normalized spacial score (nSPS) is 12.5. The van der Waals surface area contributed by atoms with E-state index >= 15 is 0 Å². The summed E-state index contributed by atoms with van der Waals surface area (Å²) < 4.78 is 13.6. The van der Waals surface area contributed by atoms with Crippen molar-refractivity contribution < 1.29 is 9.50 Å². The molecule has 1 atom stereocenters. The molecule has 1 N–H and O–H groups in total. The molecule has 88 valence electrons. The van der Waals surface area contributed by atoms with E-state index in [9.17, 15) is 9.50 Å². The van der Waals surface area contributed by atoms with E-state index in [2.05, 4.69) is 0 Å². The van der Waals surface area contributed by atoms with E-state index in [4.69, 9.17) is 11.6 Å². The summed E-state index contributed by atoms with van der Waals surface area (Å²) in [4.78, 5) is 0. The fourth-order valence-electron chi connectivity index (χ4n) is 1.81. The Morgan fingerprint density at radius 1 is 1.12 bits per heavy atom. The lowest BCUT2D eigenvalue weighted by atomic mass is 9.97. The molecule has 0 aromatic heterocycles. The van der Waals surface area contributed by atoms with Crippen molar-refractivity contribution >= 4 is 11.6 Å². The quantitative estimate of drug-likeness (QED) is 0.858. The molecule has 0 spiro atoms.